The van der Waals surface area contributed by atoms with Gasteiger partial charge in [-0.1, -0.05) is 12.1 Å². The zero-order valence-corrected chi connectivity index (χ0v) is 7.98. The van der Waals surface area contributed by atoms with Crippen LogP contribution in [-0.2, 0) is 0 Å². The summed E-state index contributed by atoms with van der Waals surface area (Å²) >= 11 is 0. The van der Waals surface area contributed by atoms with Crippen LogP contribution in [0.1, 0.15) is 5.56 Å². The van der Waals surface area contributed by atoms with Gasteiger partial charge in [-0.3, -0.25) is 0 Å². The van der Waals surface area contributed by atoms with Crippen molar-refractivity contribution in [1.82, 2.24) is 5.32 Å². The topological polar surface area (TPSA) is 41.1 Å². The number of hydrogen-bond acceptors (Lipinski definition) is 2. The lowest BCUT2D eigenvalue weighted by molar-refractivity contribution is 0.579. The summed E-state index contributed by atoms with van der Waals surface area (Å²) < 4.78 is 0. The van der Waals surface area contributed by atoms with Crippen LogP contribution >= 0.6 is 0 Å². The number of para-hydroxylation sites is 1. The van der Waals surface area contributed by atoms with Gasteiger partial charge >= 0.3 is 0 Å². The molecule has 1 aliphatic heterocycles. The second kappa shape index (κ2) is 4.12. The number of rotatable bonds is 1. The molecule has 1 fully saturated rings. The summed E-state index contributed by atoms with van der Waals surface area (Å²) in [5, 5.41) is 13.2. The Balaban J connectivity index is 2.26. The Bertz CT molecular complexity index is 348. The molecule has 1 radical (unpaired) electrons. The van der Waals surface area contributed by atoms with E-state index in [9.17, 15) is 0 Å². The molecule has 1 aliphatic rings. The fourth-order valence-corrected chi connectivity index (χ4v) is 1.69. The summed E-state index contributed by atoms with van der Waals surface area (Å²) in [6, 6.07) is 9.96. The van der Waals surface area contributed by atoms with Gasteiger partial charge < -0.3 is 4.90 Å². The van der Waals surface area contributed by atoms with E-state index in [2.05, 4.69) is 16.3 Å². The molecule has 71 valence electrons. The highest BCUT2D eigenvalue weighted by Gasteiger charge is 2.13. The Morgan fingerprint density at radius 2 is 1.93 bits per heavy atom. The Kier molecular flexibility index (Phi) is 2.66. The van der Waals surface area contributed by atoms with Crippen molar-refractivity contribution in [1.29, 1.82) is 5.26 Å². The summed E-state index contributed by atoms with van der Waals surface area (Å²) in [5.41, 5.74) is 1.80. The van der Waals surface area contributed by atoms with Gasteiger partial charge in [0.25, 0.3) is 0 Å². The molecule has 0 atom stereocenters. The maximum atomic E-state index is 8.95. The minimum Gasteiger partial charge on any atom is -0.368 e. The largest absolute Gasteiger partial charge is 0.368 e. The normalized spacial score (nSPS) is 16.4. The predicted molar refractivity (Wildman–Crippen MR) is 55.2 cm³/mol. The maximum absolute atomic E-state index is 8.95. The first-order valence-electron chi connectivity index (χ1n) is 4.79. The SMILES string of the molecule is N#Cc1ccccc1N1CC[N]CC1. The molecule has 1 heterocycles. The van der Waals surface area contributed by atoms with E-state index in [0.717, 1.165) is 37.4 Å². The van der Waals surface area contributed by atoms with Crippen LogP contribution in [-0.4, -0.2) is 26.2 Å². The molecule has 0 N–H and O–H groups in total. The van der Waals surface area contributed by atoms with Crippen molar-refractivity contribution < 1.29 is 0 Å². The van der Waals surface area contributed by atoms with E-state index < -0.39 is 0 Å². The van der Waals surface area contributed by atoms with Crippen molar-refractivity contribution in [2.24, 2.45) is 0 Å². The van der Waals surface area contributed by atoms with Crippen molar-refractivity contribution in [3.63, 3.8) is 0 Å². The zero-order valence-electron chi connectivity index (χ0n) is 7.98. The third-order valence-electron chi connectivity index (χ3n) is 2.42. The van der Waals surface area contributed by atoms with Crippen LogP contribution in [0.5, 0.6) is 0 Å². The van der Waals surface area contributed by atoms with Gasteiger partial charge in [0, 0.05) is 26.2 Å². The lowest BCUT2D eigenvalue weighted by atomic mass is 10.1. The number of anilines is 1. The van der Waals surface area contributed by atoms with E-state index in [1.165, 1.54) is 0 Å². The molecule has 0 amide bonds. The minimum absolute atomic E-state index is 0.759. The van der Waals surface area contributed by atoms with E-state index in [0.29, 0.717) is 0 Å². The third-order valence-corrected chi connectivity index (χ3v) is 2.42. The molecule has 14 heavy (non-hydrogen) atoms. The maximum Gasteiger partial charge on any atom is 0.101 e. The molecule has 3 heteroatoms. The Morgan fingerprint density at radius 3 is 2.64 bits per heavy atom. The smallest absolute Gasteiger partial charge is 0.101 e. The molecule has 0 aliphatic carbocycles. The molecular weight excluding hydrogens is 174 g/mol. The molecule has 2 rings (SSSR count). The van der Waals surface area contributed by atoms with Crippen molar-refractivity contribution >= 4 is 5.69 Å². The van der Waals surface area contributed by atoms with Crippen molar-refractivity contribution in [3.8, 4) is 6.07 Å². The zero-order chi connectivity index (χ0) is 9.80. The number of piperazine rings is 1. The Morgan fingerprint density at radius 1 is 1.21 bits per heavy atom. The van der Waals surface area contributed by atoms with Crippen LogP contribution < -0.4 is 10.2 Å². The lowest BCUT2D eigenvalue weighted by Crippen LogP contribution is -2.40. The highest BCUT2D eigenvalue weighted by Crippen LogP contribution is 2.19. The van der Waals surface area contributed by atoms with Gasteiger partial charge in [-0.15, -0.1) is 0 Å². The molecule has 1 aromatic carbocycles. The van der Waals surface area contributed by atoms with Gasteiger partial charge in [0.2, 0.25) is 0 Å². The van der Waals surface area contributed by atoms with Crippen LogP contribution in [0.3, 0.4) is 0 Å². The second-order valence-electron chi connectivity index (χ2n) is 3.29. The lowest BCUT2D eigenvalue weighted by Gasteiger charge is -2.29. The number of hydrogen-bond donors (Lipinski definition) is 0. The van der Waals surface area contributed by atoms with Crippen molar-refractivity contribution in [3.05, 3.63) is 29.8 Å². The van der Waals surface area contributed by atoms with E-state index in [1.54, 1.807) is 0 Å². The molecule has 1 saturated heterocycles. The van der Waals surface area contributed by atoms with Crippen molar-refractivity contribution in [2.75, 3.05) is 31.1 Å². The molecule has 1 aromatic rings. The van der Waals surface area contributed by atoms with Crippen LogP contribution in [0.2, 0.25) is 0 Å². The first-order chi connectivity index (χ1) is 6.92. The molecule has 0 unspecified atom stereocenters. The number of nitrogens with zero attached hydrogens (tertiary/aromatic N) is 3. The van der Waals surface area contributed by atoms with Crippen molar-refractivity contribution in [2.45, 2.75) is 0 Å². The Hall–Kier alpha value is -1.53. The van der Waals surface area contributed by atoms with Crippen LogP contribution in [0.4, 0.5) is 5.69 Å². The monoisotopic (exact) mass is 186 g/mol. The van der Waals surface area contributed by atoms with Gasteiger partial charge in [-0.05, 0) is 12.1 Å². The van der Waals surface area contributed by atoms with Crippen LogP contribution in [0.25, 0.3) is 0 Å². The minimum atomic E-state index is 0.759. The standard InChI is InChI=1S/C11H12N3/c12-9-10-3-1-2-4-11(10)14-7-5-13-6-8-14/h1-4H,5-8H2. The van der Waals surface area contributed by atoms with Crippen LogP contribution in [0.15, 0.2) is 24.3 Å². The first kappa shape index (κ1) is 9.04. The quantitative estimate of drug-likeness (QED) is 0.656. The first-order valence-corrected chi connectivity index (χ1v) is 4.79. The average Bonchev–Trinajstić information content (AvgIpc) is 2.30. The fourth-order valence-electron chi connectivity index (χ4n) is 1.69. The number of benzene rings is 1. The van der Waals surface area contributed by atoms with Gasteiger partial charge in [0.1, 0.15) is 6.07 Å². The van der Waals surface area contributed by atoms with E-state index in [1.807, 2.05) is 24.3 Å². The van der Waals surface area contributed by atoms with Gasteiger partial charge in [0.05, 0.1) is 11.3 Å². The van der Waals surface area contributed by atoms with Crippen LogP contribution in [0, 0.1) is 11.3 Å². The molecule has 3 nitrogen and oxygen atoms in total. The Labute approximate surface area is 84.0 Å². The van der Waals surface area contributed by atoms with Gasteiger partial charge in [-0.2, -0.15) is 5.26 Å². The molecular formula is C11H12N3. The fraction of sp³-hybridized carbons (Fsp3) is 0.364. The second-order valence-corrected chi connectivity index (χ2v) is 3.29. The van der Waals surface area contributed by atoms with Gasteiger partial charge in [0.15, 0.2) is 0 Å². The van der Waals surface area contributed by atoms with Gasteiger partial charge in [-0.25, -0.2) is 5.32 Å². The summed E-state index contributed by atoms with van der Waals surface area (Å²) in [4.78, 5) is 2.23. The summed E-state index contributed by atoms with van der Waals surface area (Å²) in [7, 11) is 0. The van der Waals surface area contributed by atoms with E-state index >= 15 is 0 Å². The predicted octanol–water partition coefficient (Wildman–Crippen LogP) is 0.983. The third kappa shape index (κ3) is 1.70. The highest BCUT2D eigenvalue weighted by molar-refractivity contribution is 5.59. The summed E-state index contributed by atoms with van der Waals surface area (Å²) in [6.45, 7) is 3.61. The summed E-state index contributed by atoms with van der Waals surface area (Å²) in [5.74, 6) is 0. The highest BCUT2D eigenvalue weighted by atomic mass is 15.2. The average molecular weight is 186 g/mol. The van der Waals surface area contributed by atoms with E-state index in [-0.39, 0.29) is 0 Å². The summed E-state index contributed by atoms with van der Waals surface area (Å²) in [6.07, 6.45) is 0. The molecule has 0 bridgehead atoms. The number of nitriles is 1. The van der Waals surface area contributed by atoms with E-state index in [4.69, 9.17) is 5.26 Å². The molecule has 0 spiro atoms. The molecule has 0 aromatic heterocycles. The molecule has 0 saturated carbocycles.